The molecular formula is C21H26ClN4O5S+. The molecule has 2 aromatic carbocycles. The number of amides is 1. The lowest BCUT2D eigenvalue weighted by molar-refractivity contribution is -0.917. The molecule has 1 saturated heterocycles. The maximum Gasteiger partial charge on any atom is 0.282 e. The molecule has 1 heterocycles. The molecule has 2 N–H and O–H groups in total. The van der Waals surface area contributed by atoms with Crippen LogP contribution in [0.4, 0.5) is 11.4 Å². The highest BCUT2D eigenvalue weighted by molar-refractivity contribution is 7.89. The monoisotopic (exact) mass is 481 g/mol. The van der Waals surface area contributed by atoms with Crippen molar-refractivity contribution in [1.82, 2.24) is 4.31 Å². The maximum atomic E-state index is 13.1. The molecule has 2 aromatic rings. The summed E-state index contributed by atoms with van der Waals surface area (Å²) in [5, 5.41) is 13.8. The highest BCUT2D eigenvalue weighted by Gasteiger charge is 2.35. The van der Waals surface area contributed by atoms with Gasteiger partial charge in [-0.25, -0.2) is 8.42 Å². The third kappa shape index (κ3) is 5.09. The van der Waals surface area contributed by atoms with Crippen LogP contribution in [-0.2, 0) is 14.8 Å². The number of hydrogen-bond donors (Lipinski definition) is 2. The van der Waals surface area contributed by atoms with Crippen molar-refractivity contribution in [1.29, 1.82) is 0 Å². The second-order valence-electron chi connectivity index (χ2n) is 7.96. The van der Waals surface area contributed by atoms with Crippen LogP contribution in [0, 0.1) is 24.0 Å². The van der Waals surface area contributed by atoms with Crippen molar-refractivity contribution in [2.24, 2.45) is 0 Å². The molecule has 3 rings (SSSR count). The molecule has 0 radical (unpaired) electrons. The summed E-state index contributed by atoms with van der Waals surface area (Å²) in [6, 6.07) is 8.72. The van der Waals surface area contributed by atoms with Gasteiger partial charge >= 0.3 is 0 Å². The summed E-state index contributed by atoms with van der Waals surface area (Å²) in [5.74, 6) is -0.340. The Bertz CT molecular complexity index is 1150. The number of carbonyl (C=O) groups is 1. The number of nitrogens with zero attached hydrogens (tertiary/aromatic N) is 2. The van der Waals surface area contributed by atoms with E-state index in [0.29, 0.717) is 36.6 Å². The van der Waals surface area contributed by atoms with Gasteiger partial charge in [0.1, 0.15) is 0 Å². The summed E-state index contributed by atoms with van der Waals surface area (Å²) in [6.45, 7) is 6.88. The number of anilines is 1. The lowest BCUT2D eigenvalue weighted by Gasteiger charge is -2.34. The Hall–Kier alpha value is -2.53. The van der Waals surface area contributed by atoms with E-state index in [0.717, 1.165) is 10.5 Å². The first-order chi connectivity index (χ1) is 15.0. The van der Waals surface area contributed by atoms with E-state index in [1.807, 2.05) is 13.0 Å². The molecule has 9 nitrogen and oxygen atoms in total. The summed E-state index contributed by atoms with van der Waals surface area (Å²) in [7, 11) is -3.61. The minimum Gasteiger partial charge on any atom is -0.323 e. The van der Waals surface area contributed by atoms with Crippen LogP contribution in [0.2, 0.25) is 5.02 Å². The molecule has 0 bridgehead atoms. The fourth-order valence-electron chi connectivity index (χ4n) is 3.72. The summed E-state index contributed by atoms with van der Waals surface area (Å²) < 4.78 is 27.7. The molecule has 1 amide bonds. The van der Waals surface area contributed by atoms with Crippen molar-refractivity contribution >= 4 is 38.9 Å². The first kappa shape index (κ1) is 24.1. The number of benzene rings is 2. The van der Waals surface area contributed by atoms with Crippen molar-refractivity contribution in [3.05, 3.63) is 62.7 Å². The van der Waals surface area contributed by atoms with E-state index in [9.17, 15) is 23.3 Å². The quantitative estimate of drug-likeness (QED) is 0.482. The predicted molar refractivity (Wildman–Crippen MR) is 122 cm³/mol. The number of piperazine rings is 1. The average Bonchev–Trinajstić information content (AvgIpc) is 2.76. The second-order valence-corrected chi connectivity index (χ2v) is 10.3. The molecule has 1 aliphatic heterocycles. The van der Waals surface area contributed by atoms with Crippen LogP contribution in [0.25, 0.3) is 0 Å². The van der Waals surface area contributed by atoms with Crippen LogP contribution in [0.1, 0.15) is 18.1 Å². The smallest absolute Gasteiger partial charge is 0.282 e. The van der Waals surface area contributed by atoms with Crippen molar-refractivity contribution in [2.45, 2.75) is 31.7 Å². The van der Waals surface area contributed by atoms with Gasteiger partial charge in [0.2, 0.25) is 10.0 Å². The summed E-state index contributed by atoms with van der Waals surface area (Å²) in [4.78, 5) is 24.4. The number of sulfonamides is 1. The van der Waals surface area contributed by atoms with Gasteiger partial charge in [0, 0.05) is 12.1 Å². The molecule has 0 aliphatic carbocycles. The molecule has 11 heteroatoms. The molecule has 1 fully saturated rings. The third-order valence-electron chi connectivity index (χ3n) is 5.75. The number of aryl methyl sites for hydroxylation is 2. The number of rotatable bonds is 6. The van der Waals surface area contributed by atoms with E-state index in [-0.39, 0.29) is 22.3 Å². The standard InChI is InChI=1S/C21H25ClN4O5S/c1-14-4-5-15(2)20(12-14)32(30,31)25-10-8-24(9-11-25)16(3)21(27)23-19-13-17(26(28)29)6-7-18(19)22/h4-7,12-13,16H,8-11H2,1-3H3,(H,23,27)/p+1/t16-/m1/s1. The van der Waals surface area contributed by atoms with Gasteiger partial charge in [0.05, 0.1) is 46.7 Å². The Balaban J connectivity index is 1.66. The lowest BCUT2D eigenvalue weighted by atomic mass is 10.2. The molecule has 0 saturated carbocycles. The van der Waals surface area contributed by atoms with Crippen molar-refractivity contribution in [3.63, 3.8) is 0 Å². The van der Waals surface area contributed by atoms with Gasteiger partial charge in [-0.2, -0.15) is 4.31 Å². The predicted octanol–water partition coefficient (Wildman–Crippen LogP) is 1.78. The first-order valence-corrected chi connectivity index (χ1v) is 12.0. The van der Waals surface area contributed by atoms with Crippen LogP contribution in [0.15, 0.2) is 41.3 Å². The fraction of sp³-hybridized carbons (Fsp3) is 0.381. The van der Waals surface area contributed by atoms with Gasteiger partial charge in [-0.1, -0.05) is 23.7 Å². The van der Waals surface area contributed by atoms with Gasteiger partial charge in [-0.3, -0.25) is 14.9 Å². The molecule has 32 heavy (non-hydrogen) atoms. The fourth-order valence-corrected chi connectivity index (χ4v) is 5.64. The average molecular weight is 482 g/mol. The van der Waals surface area contributed by atoms with Crippen molar-refractivity contribution in [2.75, 3.05) is 31.5 Å². The van der Waals surface area contributed by atoms with E-state index in [4.69, 9.17) is 11.6 Å². The summed E-state index contributed by atoms with van der Waals surface area (Å²) in [6.07, 6.45) is 0. The normalized spacial score (nSPS) is 16.5. The van der Waals surface area contributed by atoms with Crippen LogP contribution in [0.5, 0.6) is 0 Å². The van der Waals surface area contributed by atoms with Crippen molar-refractivity contribution < 1.29 is 23.0 Å². The number of nitro benzene ring substituents is 1. The number of halogens is 1. The second kappa shape index (κ2) is 9.53. The van der Waals surface area contributed by atoms with Crippen molar-refractivity contribution in [3.8, 4) is 0 Å². The molecule has 0 unspecified atom stereocenters. The van der Waals surface area contributed by atoms with Crippen LogP contribution in [0.3, 0.4) is 0 Å². The largest absolute Gasteiger partial charge is 0.323 e. The number of hydrogen-bond acceptors (Lipinski definition) is 5. The number of quaternary nitrogens is 1. The first-order valence-electron chi connectivity index (χ1n) is 10.2. The van der Waals surface area contributed by atoms with Gasteiger partial charge in [-0.15, -0.1) is 0 Å². The number of carbonyl (C=O) groups excluding carboxylic acids is 1. The zero-order valence-corrected chi connectivity index (χ0v) is 19.7. The molecule has 1 aliphatic rings. The molecule has 172 valence electrons. The molecule has 1 atom stereocenters. The summed E-state index contributed by atoms with van der Waals surface area (Å²) in [5.41, 5.74) is 1.58. The zero-order valence-electron chi connectivity index (χ0n) is 18.1. The zero-order chi connectivity index (χ0) is 23.6. The minimum absolute atomic E-state index is 0.171. The minimum atomic E-state index is -3.61. The van der Waals surface area contributed by atoms with E-state index < -0.39 is 21.0 Å². The SMILES string of the molecule is Cc1ccc(C)c(S(=O)(=O)N2CC[NH+]([C@H](C)C(=O)Nc3cc([N+](=O)[O-])ccc3Cl)CC2)c1. The third-order valence-corrected chi connectivity index (χ3v) is 8.12. The highest BCUT2D eigenvalue weighted by atomic mass is 35.5. The maximum absolute atomic E-state index is 13.1. The van der Waals surface area contributed by atoms with Gasteiger partial charge < -0.3 is 10.2 Å². The number of nitrogens with one attached hydrogen (secondary N) is 2. The molecular weight excluding hydrogens is 456 g/mol. The van der Waals surface area contributed by atoms with E-state index in [1.54, 1.807) is 26.0 Å². The lowest BCUT2D eigenvalue weighted by Crippen LogP contribution is -3.19. The molecule has 0 spiro atoms. The van der Waals surface area contributed by atoms with E-state index in [1.165, 1.54) is 22.5 Å². The van der Waals surface area contributed by atoms with Crippen LogP contribution < -0.4 is 10.2 Å². The number of nitro groups is 1. The Kier molecular flexibility index (Phi) is 7.19. The van der Waals surface area contributed by atoms with Crippen LogP contribution in [-0.4, -0.2) is 55.8 Å². The van der Waals surface area contributed by atoms with Crippen LogP contribution >= 0.6 is 11.6 Å². The topological polar surface area (TPSA) is 114 Å². The Morgan fingerprint density at radius 2 is 1.84 bits per heavy atom. The summed E-state index contributed by atoms with van der Waals surface area (Å²) >= 11 is 6.07. The molecule has 0 aromatic heterocycles. The highest BCUT2D eigenvalue weighted by Crippen LogP contribution is 2.26. The Labute approximate surface area is 192 Å². The Morgan fingerprint density at radius 1 is 1.19 bits per heavy atom. The Morgan fingerprint density at radius 3 is 2.47 bits per heavy atom. The van der Waals surface area contributed by atoms with E-state index >= 15 is 0 Å². The van der Waals surface area contributed by atoms with Gasteiger partial charge in [-0.05, 0) is 44.0 Å². The van der Waals surface area contributed by atoms with Gasteiger partial charge in [0.15, 0.2) is 6.04 Å². The number of non-ortho nitro benzene ring substituents is 1. The van der Waals surface area contributed by atoms with E-state index in [2.05, 4.69) is 5.32 Å². The van der Waals surface area contributed by atoms with Gasteiger partial charge in [0.25, 0.3) is 11.6 Å².